The van der Waals surface area contributed by atoms with Gasteiger partial charge in [-0.15, -0.1) is 10.2 Å². The molecule has 7 heteroatoms. The maximum Gasteiger partial charge on any atom is 0.252 e. The van der Waals surface area contributed by atoms with E-state index in [9.17, 15) is 4.79 Å². The smallest absolute Gasteiger partial charge is 0.252 e. The molecule has 0 aliphatic carbocycles. The fourth-order valence-electron chi connectivity index (χ4n) is 3.89. The fourth-order valence-corrected chi connectivity index (χ4v) is 4.15. The number of para-hydroxylation sites is 1. The van der Waals surface area contributed by atoms with Crippen LogP contribution in [0.5, 0.6) is 0 Å². The number of hydrogen-bond donors (Lipinski definition) is 1. The number of aromatic nitrogens is 4. The third-order valence-corrected chi connectivity index (χ3v) is 5.97. The van der Waals surface area contributed by atoms with E-state index in [-0.39, 0.29) is 5.91 Å². The van der Waals surface area contributed by atoms with E-state index in [4.69, 9.17) is 4.98 Å². The van der Waals surface area contributed by atoms with Crippen molar-refractivity contribution in [3.05, 3.63) is 76.3 Å². The van der Waals surface area contributed by atoms with Gasteiger partial charge in [-0.1, -0.05) is 46.3 Å². The molecule has 1 N–H and O–H groups in total. The Labute approximate surface area is 182 Å². The first kappa shape index (κ1) is 18.9. The molecule has 1 amide bonds. The minimum atomic E-state index is -0.139. The van der Waals surface area contributed by atoms with Crippen LogP contribution >= 0.6 is 15.9 Å². The van der Waals surface area contributed by atoms with Crippen molar-refractivity contribution in [1.29, 1.82) is 0 Å². The molecule has 0 saturated carbocycles. The highest BCUT2D eigenvalue weighted by atomic mass is 79.9. The van der Waals surface area contributed by atoms with E-state index in [0.717, 1.165) is 64.1 Å². The number of nitrogens with zero attached hydrogens (tertiary/aromatic N) is 4. The molecule has 1 aliphatic heterocycles. The molecule has 30 heavy (non-hydrogen) atoms. The third kappa shape index (κ3) is 3.61. The normalized spacial score (nSPS) is 13.2. The van der Waals surface area contributed by atoms with Crippen LogP contribution in [0.3, 0.4) is 0 Å². The summed E-state index contributed by atoms with van der Waals surface area (Å²) in [6.07, 6.45) is 3.22. The van der Waals surface area contributed by atoms with Gasteiger partial charge in [0, 0.05) is 28.4 Å². The number of nitrogens with one attached hydrogen (secondary N) is 1. The van der Waals surface area contributed by atoms with Gasteiger partial charge in [0.2, 0.25) is 0 Å². The van der Waals surface area contributed by atoms with Crippen molar-refractivity contribution < 1.29 is 4.79 Å². The van der Waals surface area contributed by atoms with Crippen LogP contribution in [0.2, 0.25) is 0 Å². The molecule has 3 heterocycles. The minimum absolute atomic E-state index is 0.139. The zero-order chi connectivity index (χ0) is 20.5. The van der Waals surface area contributed by atoms with Crippen LogP contribution < -0.4 is 5.32 Å². The third-order valence-electron chi connectivity index (χ3n) is 5.44. The van der Waals surface area contributed by atoms with Gasteiger partial charge in [0.15, 0.2) is 5.82 Å². The molecule has 0 bridgehead atoms. The van der Waals surface area contributed by atoms with E-state index in [1.54, 1.807) is 0 Å². The van der Waals surface area contributed by atoms with Crippen LogP contribution in [0.1, 0.15) is 34.8 Å². The minimum Gasteiger partial charge on any atom is -0.345 e. The van der Waals surface area contributed by atoms with Crippen LogP contribution in [-0.4, -0.2) is 25.7 Å². The van der Waals surface area contributed by atoms with Gasteiger partial charge in [-0.05, 0) is 37.1 Å². The summed E-state index contributed by atoms with van der Waals surface area (Å²) in [5, 5.41) is 12.4. The molecule has 0 atom stereocenters. The Balaban J connectivity index is 1.47. The summed E-state index contributed by atoms with van der Waals surface area (Å²) in [7, 11) is 0. The number of amides is 1. The number of carbonyl (C=O) groups is 1. The molecule has 2 aromatic carbocycles. The number of carbonyl (C=O) groups excluding carboxylic acids is 1. The van der Waals surface area contributed by atoms with Crippen molar-refractivity contribution in [2.75, 3.05) is 0 Å². The average molecular weight is 462 g/mol. The fraction of sp³-hybridized carbons (Fsp3) is 0.217. The van der Waals surface area contributed by atoms with E-state index >= 15 is 0 Å². The topological polar surface area (TPSA) is 72.7 Å². The van der Waals surface area contributed by atoms with Gasteiger partial charge in [0.25, 0.3) is 5.91 Å². The summed E-state index contributed by atoms with van der Waals surface area (Å²) in [4.78, 5) is 17.9. The van der Waals surface area contributed by atoms with E-state index < -0.39 is 0 Å². The number of rotatable bonds is 4. The van der Waals surface area contributed by atoms with Crippen molar-refractivity contribution in [3.8, 4) is 11.3 Å². The second-order valence-electron chi connectivity index (χ2n) is 7.40. The van der Waals surface area contributed by atoms with Crippen LogP contribution in [0.25, 0.3) is 22.2 Å². The van der Waals surface area contributed by atoms with Gasteiger partial charge in [0.05, 0.1) is 23.3 Å². The summed E-state index contributed by atoms with van der Waals surface area (Å²) in [6, 6.07) is 17.5. The maximum atomic E-state index is 13.2. The lowest BCUT2D eigenvalue weighted by Crippen LogP contribution is -2.26. The number of fused-ring (bicyclic) bond motifs is 2. The Morgan fingerprint density at radius 1 is 1.07 bits per heavy atom. The second kappa shape index (κ2) is 7.99. The largest absolute Gasteiger partial charge is 0.345 e. The lowest BCUT2D eigenvalue weighted by molar-refractivity contribution is 0.0951. The average Bonchev–Trinajstić information content (AvgIpc) is 3.20. The van der Waals surface area contributed by atoms with E-state index in [2.05, 4.69) is 36.0 Å². The van der Waals surface area contributed by atoms with Crippen LogP contribution in [-0.2, 0) is 19.5 Å². The molecule has 150 valence electrons. The number of pyridine rings is 1. The number of benzene rings is 2. The predicted molar refractivity (Wildman–Crippen MR) is 119 cm³/mol. The van der Waals surface area contributed by atoms with E-state index in [1.807, 2.05) is 54.6 Å². The highest BCUT2D eigenvalue weighted by molar-refractivity contribution is 9.10. The van der Waals surface area contributed by atoms with Crippen LogP contribution in [0.4, 0.5) is 0 Å². The van der Waals surface area contributed by atoms with Crippen molar-refractivity contribution in [2.45, 2.75) is 32.4 Å². The van der Waals surface area contributed by atoms with Crippen LogP contribution in [0, 0.1) is 0 Å². The van der Waals surface area contributed by atoms with Gasteiger partial charge in [-0.2, -0.15) is 0 Å². The number of aryl methyl sites for hydroxylation is 1. The first-order chi connectivity index (χ1) is 14.7. The zero-order valence-corrected chi connectivity index (χ0v) is 17.9. The molecule has 0 spiro atoms. The predicted octanol–water partition coefficient (Wildman–Crippen LogP) is 4.52. The van der Waals surface area contributed by atoms with Gasteiger partial charge in [-0.25, -0.2) is 4.98 Å². The summed E-state index contributed by atoms with van der Waals surface area (Å²) < 4.78 is 3.13. The lowest BCUT2D eigenvalue weighted by Gasteiger charge is -2.15. The Morgan fingerprint density at radius 3 is 2.77 bits per heavy atom. The summed E-state index contributed by atoms with van der Waals surface area (Å²) in [5.41, 5.74) is 3.13. The molecule has 2 aromatic heterocycles. The monoisotopic (exact) mass is 461 g/mol. The second-order valence-corrected chi connectivity index (χ2v) is 8.32. The van der Waals surface area contributed by atoms with Crippen molar-refractivity contribution >= 4 is 32.7 Å². The summed E-state index contributed by atoms with van der Waals surface area (Å²) >= 11 is 3.46. The Hall–Kier alpha value is -3.06. The van der Waals surface area contributed by atoms with Gasteiger partial charge < -0.3 is 9.88 Å². The van der Waals surface area contributed by atoms with Gasteiger partial charge in [0.1, 0.15) is 5.82 Å². The molecule has 6 nitrogen and oxygen atoms in total. The maximum absolute atomic E-state index is 13.2. The molecule has 1 aliphatic rings. The number of halogens is 1. The Morgan fingerprint density at radius 2 is 1.90 bits per heavy atom. The molecule has 5 rings (SSSR count). The quantitative estimate of drug-likeness (QED) is 0.484. The van der Waals surface area contributed by atoms with Gasteiger partial charge in [-0.3, -0.25) is 4.79 Å². The van der Waals surface area contributed by atoms with E-state index in [1.165, 1.54) is 0 Å². The number of hydrogen-bond acceptors (Lipinski definition) is 4. The highest BCUT2D eigenvalue weighted by Crippen LogP contribution is 2.26. The van der Waals surface area contributed by atoms with E-state index in [0.29, 0.717) is 12.1 Å². The Kier molecular flexibility index (Phi) is 5.04. The first-order valence-corrected chi connectivity index (χ1v) is 10.8. The highest BCUT2D eigenvalue weighted by Gasteiger charge is 2.18. The summed E-state index contributed by atoms with van der Waals surface area (Å²) in [5.74, 6) is 1.68. The molecule has 0 unspecified atom stereocenters. The zero-order valence-electron chi connectivity index (χ0n) is 16.3. The van der Waals surface area contributed by atoms with Gasteiger partial charge >= 0.3 is 0 Å². The molecule has 4 aromatic rings. The first-order valence-electron chi connectivity index (χ1n) is 10.0. The molecule has 0 radical (unpaired) electrons. The summed E-state index contributed by atoms with van der Waals surface area (Å²) in [6.45, 7) is 1.27. The molecule has 0 saturated heterocycles. The molecule has 0 fully saturated rings. The van der Waals surface area contributed by atoms with Crippen molar-refractivity contribution in [2.24, 2.45) is 0 Å². The van der Waals surface area contributed by atoms with Crippen LogP contribution in [0.15, 0.2) is 59.1 Å². The van der Waals surface area contributed by atoms with Crippen molar-refractivity contribution in [1.82, 2.24) is 25.1 Å². The van der Waals surface area contributed by atoms with Crippen molar-refractivity contribution in [3.63, 3.8) is 0 Å². The standard InChI is InChI=1S/C23H20BrN5O/c24-16-10-8-15(9-11-16)20-13-18(17-5-1-2-6-19(17)26-20)23(30)25-14-22-28-27-21-7-3-4-12-29(21)22/h1-2,5-6,8-11,13H,3-4,7,12,14H2,(H,25,30). The lowest BCUT2D eigenvalue weighted by atomic mass is 10.0. The SMILES string of the molecule is O=C(NCc1nnc2n1CCCC2)c1cc(-c2ccc(Br)cc2)nc2ccccc12. The molecular formula is C23H20BrN5O. The molecular weight excluding hydrogens is 442 g/mol. The Bertz CT molecular complexity index is 1230.